The molecule has 7 nitrogen and oxygen atoms in total. The highest BCUT2D eigenvalue weighted by Gasteiger charge is 2.32. The van der Waals surface area contributed by atoms with Gasteiger partial charge in [0.25, 0.3) is 5.91 Å². The van der Waals surface area contributed by atoms with Crippen molar-refractivity contribution in [3.05, 3.63) is 48.5 Å². The molecule has 0 unspecified atom stereocenters. The zero-order valence-corrected chi connectivity index (χ0v) is 18.4. The van der Waals surface area contributed by atoms with E-state index in [0.29, 0.717) is 19.1 Å². The number of nitrogens with one attached hydrogen (secondary N) is 1. The van der Waals surface area contributed by atoms with Crippen LogP contribution in [-0.2, 0) is 16.0 Å². The lowest BCUT2D eigenvalue weighted by atomic mass is 10.0. The number of aromatic nitrogens is 2. The van der Waals surface area contributed by atoms with Crippen molar-refractivity contribution >= 4 is 17.5 Å². The Labute approximate surface area is 184 Å². The maximum absolute atomic E-state index is 13.4. The van der Waals surface area contributed by atoms with Gasteiger partial charge in [0.1, 0.15) is 6.04 Å². The van der Waals surface area contributed by atoms with Crippen molar-refractivity contribution in [2.75, 3.05) is 31.1 Å². The molecule has 2 aromatic rings. The van der Waals surface area contributed by atoms with Crippen molar-refractivity contribution in [3.63, 3.8) is 0 Å². The topological polar surface area (TPSA) is 70.5 Å². The van der Waals surface area contributed by atoms with E-state index in [1.54, 1.807) is 23.3 Å². The smallest absolute Gasteiger partial charge is 0.250 e. The molecule has 1 N–H and O–H groups in total. The van der Waals surface area contributed by atoms with Crippen LogP contribution in [0.25, 0.3) is 0 Å². The number of imidazole rings is 1. The third-order valence-corrected chi connectivity index (χ3v) is 6.59. The second-order valence-corrected chi connectivity index (χ2v) is 8.68. The number of carbonyl (C=O) groups is 2. The summed E-state index contributed by atoms with van der Waals surface area (Å²) >= 11 is 0. The first-order chi connectivity index (χ1) is 15.1. The van der Waals surface area contributed by atoms with Crippen LogP contribution in [0.2, 0.25) is 0 Å². The van der Waals surface area contributed by atoms with E-state index in [-0.39, 0.29) is 18.2 Å². The summed E-state index contributed by atoms with van der Waals surface area (Å²) in [6.07, 6.45) is 10.8. The molecule has 2 aliphatic rings. The van der Waals surface area contributed by atoms with Gasteiger partial charge in [0.15, 0.2) is 0 Å². The maximum Gasteiger partial charge on any atom is 0.250 e. The zero-order valence-electron chi connectivity index (χ0n) is 18.4. The van der Waals surface area contributed by atoms with Crippen LogP contribution in [-0.4, -0.2) is 58.5 Å². The average Bonchev–Trinajstić information content (AvgIpc) is 3.46. The van der Waals surface area contributed by atoms with Crippen molar-refractivity contribution in [3.8, 4) is 0 Å². The SMILES string of the molecule is C[C@@H]1CCCCN1CCCNC(=O)C[C@@H](C(=O)N1CCc2ccccc21)n1ccnc1. The largest absolute Gasteiger partial charge is 0.356 e. The highest BCUT2D eigenvalue weighted by molar-refractivity contribution is 6.00. The number of nitrogens with zero attached hydrogens (tertiary/aromatic N) is 4. The van der Waals surface area contributed by atoms with E-state index in [1.165, 1.54) is 24.8 Å². The summed E-state index contributed by atoms with van der Waals surface area (Å²) in [5.74, 6) is -0.147. The summed E-state index contributed by atoms with van der Waals surface area (Å²) < 4.78 is 1.75. The molecule has 0 aliphatic carbocycles. The van der Waals surface area contributed by atoms with Crippen LogP contribution in [0.5, 0.6) is 0 Å². The Morgan fingerprint density at radius 1 is 1.23 bits per heavy atom. The van der Waals surface area contributed by atoms with Crippen molar-refractivity contribution in [1.29, 1.82) is 0 Å². The summed E-state index contributed by atoms with van der Waals surface area (Å²) in [6.45, 7) is 5.74. The van der Waals surface area contributed by atoms with E-state index in [0.717, 1.165) is 31.6 Å². The fourth-order valence-corrected chi connectivity index (χ4v) is 4.77. The van der Waals surface area contributed by atoms with Crippen LogP contribution < -0.4 is 10.2 Å². The van der Waals surface area contributed by atoms with Gasteiger partial charge in [-0.05, 0) is 50.8 Å². The molecule has 7 heteroatoms. The van der Waals surface area contributed by atoms with Crippen LogP contribution in [0.4, 0.5) is 5.69 Å². The van der Waals surface area contributed by atoms with Gasteiger partial charge in [-0.1, -0.05) is 24.6 Å². The number of piperidine rings is 1. The number of fused-ring (bicyclic) bond motifs is 1. The number of hydrogen-bond acceptors (Lipinski definition) is 4. The molecule has 0 radical (unpaired) electrons. The summed E-state index contributed by atoms with van der Waals surface area (Å²) in [5.41, 5.74) is 2.13. The lowest BCUT2D eigenvalue weighted by Gasteiger charge is -2.33. The zero-order chi connectivity index (χ0) is 21.6. The fraction of sp³-hybridized carbons (Fsp3) is 0.542. The Morgan fingerprint density at radius 2 is 2.10 bits per heavy atom. The Morgan fingerprint density at radius 3 is 2.90 bits per heavy atom. The minimum atomic E-state index is -0.587. The number of rotatable bonds is 8. The van der Waals surface area contributed by atoms with E-state index in [2.05, 4.69) is 28.2 Å². The number of hydrogen-bond donors (Lipinski definition) is 1. The predicted molar refractivity (Wildman–Crippen MR) is 121 cm³/mol. The molecule has 0 spiro atoms. The van der Waals surface area contributed by atoms with Gasteiger partial charge in [0.2, 0.25) is 5.91 Å². The number of likely N-dealkylation sites (tertiary alicyclic amines) is 1. The van der Waals surface area contributed by atoms with Crippen LogP contribution in [0.15, 0.2) is 43.0 Å². The van der Waals surface area contributed by atoms with E-state index < -0.39 is 6.04 Å². The Balaban J connectivity index is 1.33. The van der Waals surface area contributed by atoms with Crippen LogP contribution in [0, 0.1) is 0 Å². The molecule has 2 atom stereocenters. The summed E-state index contributed by atoms with van der Waals surface area (Å²) in [6, 6.07) is 8.04. The summed E-state index contributed by atoms with van der Waals surface area (Å²) in [7, 11) is 0. The molecule has 0 bridgehead atoms. The molecule has 1 fully saturated rings. The van der Waals surface area contributed by atoms with E-state index in [1.807, 2.05) is 23.1 Å². The standard InChI is InChI=1S/C24H33N5O2/c1-19-7-4-5-13-27(19)14-6-11-26-23(30)17-22(28-16-12-25-18-28)24(31)29-15-10-20-8-2-3-9-21(20)29/h2-3,8-9,12,16,18-19,22H,4-7,10-11,13-15,17H2,1H3,(H,26,30)/t19-,22+/m1/s1. The van der Waals surface area contributed by atoms with E-state index in [4.69, 9.17) is 0 Å². The maximum atomic E-state index is 13.4. The molecular formula is C24H33N5O2. The third-order valence-electron chi connectivity index (χ3n) is 6.59. The fourth-order valence-electron chi connectivity index (χ4n) is 4.77. The number of anilines is 1. The van der Waals surface area contributed by atoms with Gasteiger partial charge < -0.3 is 19.7 Å². The third kappa shape index (κ3) is 5.15. The molecule has 1 aromatic heterocycles. The summed E-state index contributed by atoms with van der Waals surface area (Å²) in [4.78, 5) is 34.5. The van der Waals surface area contributed by atoms with Crippen LogP contribution in [0.1, 0.15) is 50.6 Å². The van der Waals surface area contributed by atoms with Crippen molar-refractivity contribution in [1.82, 2.24) is 19.8 Å². The number of benzene rings is 1. The Bertz CT molecular complexity index is 882. The highest BCUT2D eigenvalue weighted by atomic mass is 16.2. The quantitative estimate of drug-likeness (QED) is 0.663. The highest BCUT2D eigenvalue weighted by Crippen LogP contribution is 2.30. The van der Waals surface area contributed by atoms with E-state index >= 15 is 0 Å². The van der Waals surface area contributed by atoms with Gasteiger partial charge in [0.05, 0.1) is 12.7 Å². The number of carbonyl (C=O) groups excluding carboxylic acids is 2. The van der Waals surface area contributed by atoms with Gasteiger partial charge in [0, 0.05) is 43.8 Å². The molecule has 2 amide bonds. The first-order valence-corrected chi connectivity index (χ1v) is 11.5. The first-order valence-electron chi connectivity index (χ1n) is 11.5. The lowest BCUT2D eigenvalue weighted by Crippen LogP contribution is -2.40. The van der Waals surface area contributed by atoms with Gasteiger partial charge >= 0.3 is 0 Å². The molecule has 166 valence electrons. The number of para-hydroxylation sites is 1. The molecule has 0 saturated carbocycles. The lowest BCUT2D eigenvalue weighted by molar-refractivity contribution is -0.128. The Kier molecular flexibility index (Phi) is 7.02. The van der Waals surface area contributed by atoms with Crippen molar-refractivity contribution in [2.24, 2.45) is 0 Å². The molecule has 31 heavy (non-hydrogen) atoms. The molecule has 1 saturated heterocycles. The second kappa shape index (κ2) is 10.1. The minimum Gasteiger partial charge on any atom is -0.356 e. The van der Waals surface area contributed by atoms with E-state index in [9.17, 15) is 9.59 Å². The van der Waals surface area contributed by atoms with Crippen molar-refractivity contribution < 1.29 is 9.59 Å². The van der Waals surface area contributed by atoms with Crippen LogP contribution in [0.3, 0.4) is 0 Å². The molecule has 4 rings (SSSR count). The van der Waals surface area contributed by atoms with Gasteiger partial charge in [-0.25, -0.2) is 4.98 Å². The molecule has 2 aliphatic heterocycles. The normalized spacial score (nSPS) is 19.8. The molecule has 1 aromatic carbocycles. The minimum absolute atomic E-state index is 0.0553. The van der Waals surface area contributed by atoms with Crippen LogP contribution >= 0.6 is 0 Å². The van der Waals surface area contributed by atoms with Gasteiger partial charge in [-0.2, -0.15) is 0 Å². The van der Waals surface area contributed by atoms with Gasteiger partial charge in [-0.3, -0.25) is 9.59 Å². The van der Waals surface area contributed by atoms with Crippen molar-refractivity contribution in [2.45, 2.75) is 57.5 Å². The summed E-state index contributed by atoms with van der Waals surface area (Å²) in [5, 5.41) is 3.02. The predicted octanol–water partition coefficient (Wildman–Crippen LogP) is 2.78. The first kappa shape index (κ1) is 21.6. The number of amides is 2. The average molecular weight is 424 g/mol. The van der Waals surface area contributed by atoms with Gasteiger partial charge in [-0.15, -0.1) is 0 Å². The molecular weight excluding hydrogens is 390 g/mol. The molecule has 3 heterocycles. The Hall–Kier alpha value is -2.67. The monoisotopic (exact) mass is 423 g/mol. The second-order valence-electron chi connectivity index (χ2n) is 8.68.